The number of aliphatic carboxylic acids is 1. The predicted molar refractivity (Wildman–Crippen MR) is 62.4 cm³/mol. The van der Waals surface area contributed by atoms with Gasteiger partial charge in [0.1, 0.15) is 0 Å². The molecule has 0 bridgehead atoms. The summed E-state index contributed by atoms with van der Waals surface area (Å²) in [4.78, 5) is 23.4. The van der Waals surface area contributed by atoms with Crippen molar-refractivity contribution in [3.8, 4) is 0 Å². The Hall–Kier alpha value is -1.26. The fraction of sp³-hybridized carbons (Fsp3) is 0.818. The Morgan fingerprint density at radius 1 is 1.31 bits per heavy atom. The first-order valence-corrected chi connectivity index (χ1v) is 5.74. The van der Waals surface area contributed by atoms with Crippen LogP contribution in [0.1, 0.15) is 39.5 Å². The van der Waals surface area contributed by atoms with Crippen LogP contribution < -0.4 is 5.32 Å². The Kier molecular flexibility index (Phi) is 7.33. The summed E-state index contributed by atoms with van der Waals surface area (Å²) in [5.74, 6) is -0.825. The monoisotopic (exact) mass is 230 g/mol. The minimum absolute atomic E-state index is 0.0998. The first kappa shape index (κ1) is 14.7. The van der Waals surface area contributed by atoms with Crippen molar-refractivity contribution >= 4 is 12.0 Å². The van der Waals surface area contributed by atoms with Crippen molar-refractivity contribution in [1.82, 2.24) is 10.2 Å². The second-order valence-corrected chi connectivity index (χ2v) is 3.88. The van der Waals surface area contributed by atoms with Gasteiger partial charge in [0.25, 0.3) is 0 Å². The lowest BCUT2D eigenvalue weighted by Crippen LogP contribution is -2.43. The molecule has 0 aromatic carbocycles. The lowest BCUT2D eigenvalue weighted by molar-refractivity contribution is -0.137. The van der Waals surface area contributed by atoms with E-state index in [0.29, 0.717) is 13.0 Å². The average Bonchev–Trinajstić information content (AvgIpc) is 2.24. The highest BCUT2D eigenvalue weighted by atomic mass is 16.4. The zero-order valence-electron chi connectivity index (χ0n) is 10.3. The molecule has 0 aromatic heterocycles. The number of carboxylic acid groups (broad SMARTS) is 1. The predicted octanol–water partition coefficient (Wildman–Crippen LogP) is 1.68. The fourth-order valence-corrected chi connectivity index (χ4v) is 1.35. The maximum Gasteiger partial charge on any atom is 0.317 e. The van der Waals surface area contributed by atoms with Crippen LogP contribution in [-0.4, -0.2) is 41.6 Å². The van der Waals surface area contributed by atoms with E-state index in [9.17, 15) is 9.59 Å². The van der Waals surface area contributed by atoms with Gasteiger partial charge in [0, 0.05) is 26.1 Å². The fourth-order valence-electron chi connectivity index (χ4n) is 1.35. The normalized spacial score (nSPS) is 10.2. The molecule has 0 rings (SSSR count). The van der Waals surface area contributed by atoms with Gasteiger partial charge in [-0.05, 0) is 19.3 Å². The highest BCUT2D eigenvalue weighted by molar-refractivity contribution is 5.74. The van der Waals surface area contributed by atoms with E-state index in [2.05, 4.69) is 5.32 Å². The van der Waals surface area contributed by atoms with Gasteiger partial charge < -0.3 is 15.3 Å². The van der Waals surface area contributed by atoms with E-state index < -0.39 is 5.97 Å². The Balaban J connectivity index is 3.84. The number of nitrogens with one attached hydrogen (secondary N) is 1. The van der Waals surface area contributed by atoms with Crippen LogP contribution in [0.4, 0.5) is 4.79 Å². The molecule has 0 spiro atoms. The summed E-state index contributed by atoms with van der Waals surface area (Å²) in [5.41, 5.74) is 0. The van der Waals surface area contributed by atoms with Crippen molar-refractivity contribution < 1.29 is 14.7 Å². The lowest BCUT2D eigenvalue weighted by atomic mass is 10.2. The molecular weight excluding hydrogens is 208 g/mol. The summed E-state index contributed by atoms with van der Waals surface area (Å²) in [7, 11) is 1.68. The Labute approximate surface area is 96.8 Å². The Bertz CT molecular complexity index is 227. The number of amides is 2. The molecule has 2 N–H and O–H groups in total. The van der Waals surface area contributed by atoms with Gasteiger partial charge >= 0.3 is 12.0 Å². The molecule has 0 aliphatic heterocycles. The van der Waals surface area contributed by atoms with Gasteiger partial charge in [0.2, 0.25) is 0 Å². The molecule has 0 saturated heterocycles. The number of carboxylic acids is 1. The van der Waals surface area contributed by atoms with Crippen LogP contribution in [0, 0.1) is 0 Å². The first-order valence-electron chi connectivity index (χ1n) is 5.74. The largest absolute Gasteiger partial charge is 0.481 e. The van der Waals surface area contributed by atoms with Gasteiger partial charge in [-0.2, -0.15) is 0 Å². The number of urea groups is 1. The molecule has 0 atom stereocenters. The van der Waals surface area contributed by atoms with Crippen LogP contribution >= 0.6 is 0 Å². The number of nitrogens with zero attached hydrogens (tertiary/aromatic N) is 1. The molecule has 0 aromatic rings. The Morgan fingerprint density at radius 2 is 1.88 bits per heavy atom. The Morgan fingerprint density at radius 3 is 2.31 bits per heavy atom. The van der Waals surface area contributed by atoms with Gasteiger partial charge in [-0.1, -0.05) is 13.8 Å². The van der Waals surface area contributed by atoms with Crippen LogP contribution in [0.2, 0.25) is 0 Å². The van der Waals surface area contributed by atoms with E-state index in [-0.39, 0.29) is 18.5 Å². The average molecular weight is 230 g/mol. The SMILES string of the molecule is CCC(CC)NC(=O)N(C)CCCC(=O)O. The third kappa shape index (κ3) is 6.27. The zero-order valence-corrected chi connectivity index (χ0v) is 10.3. The van der Waals surface area contributed by atoms with Gasteiger partial charge in [0.15, 0.2) is 0 Å². The third-order valence-corrected chi connectivity index (χ3v) is 2.54. The van der Waals surface area contributed by atoms with Crippen LogP contribution in [-0.2, 0) is 4.79 Å². The molecule has 5 heteroatoms. The molecule has 16 heavy (non-hydrogen) atoms. The molecular formula is C11H22N2O3. The molecule has 0 heterocycles. The standard InChI is InChI=1S/C11H22N2O3/c1-4-9(5-2)12-11(16)13(3)8-6-7-10(14)15/h9H,4-8H2,1-3H3,(H,12,16)(H,14,15). The maximum atomic E-state index is 11.6. The summed E-state index contributed by atoms with van der Waals surface area (Å²) in [5, 5.41) is 11.4. The summed E-state index contributed by atoms with van der Waals surface area (Å²) >= 11 is 0. The summed E-state index contributed by atoms with van der Waals surface area (Å²) in [6.07, 6.45) is 2.40. The number of carbonyl (C=O) groups excluding carboxylic acids is 1. The second kappa shape index (κ2) is 7.96. The van der Waals surface area contributed by atoms with Gasteiger partial charge in [-0.15, -0.1) is 0 Å². The molecule has 0 saturated carbocycles. The summed E-state index contributed by atoms with van der Waals surface area (Å²) in [6.45, 7) is 4.52. The minimum Gasteiger partial charge on any atom is -0.481 e. The molecule has 0 unspecified atom stereocenters. The van der Waals surface area contributed by atoms with Crippen LogP contribution in [0.15, 0.2) is 0 Å². The van der Waals surface area contributed by atoms with Crippen molar-refractivity contribution in [2.24, 2.45) is 0 Å². The molecule has 0 fully saturated rings. The smallest absolute Gasteiger partial charge is 0.317 e. The summed E-state index contributed by atoms with van der Waals surface area (Å²) < 4.78 is 0. The van der Waals surface area contributed by atoms with E-state index in [1.807, 2.05) is 13.8 Å². The van der Waals surface area contributed by atoms with E-state index in [0.717, 1.165) is 12.8 Å². The lowest BCUT2D eigenvalue weighted by Gasteiger charge is -2.21. The van der Waals surface area contributed by atoms with E-state index in [1.165, 1.54) is 4.90 Å². The van der Waals surface area contributed by atoms with E-state index >= 15 is 0 Å². The van der Waals surface area contributed by atoms with Crippen molar-refractivity contribution in [2.45, 2.75) is 45.6 Å². The molecule has 0 radical (unpaired) electrons. The quantitative estimate of drug-likeness (QED) is 0.699. The minimum atomic E-state index is -0.825. The van der Waals surface area contributed by atoms with Crippen molar-refractivity contribution in [1.29, 1.82) is 0 Å². The van der Waals surface area contributed by atoms with Crippen molar-refractivity contribution in [2.75, 3.05) is 13.6 Å². The molecule has 94 valence electrons. The third-order valence-electron chi connectivity index (χ3n) is 2.54. The molecule has 0 aliphatic rings. The number of rotatable bonds is 7. The number of hydrogen-bond acceptors (Lipinski definition) is 2. The topological polar surface area (TPSA) is 69.6 Å². The molecule has 5 nitrogen and oxygen atoms in total. The van der Waals surface area contributed by atoms with E-state index in [1.54, 1.807) is 7.05 Å². The van der Waals surface area contributed by atoms with Gasteiger partial charge in [-0.25, -0.2) is 4.79 Å². The first-order chi connectivity index (χ1) is 7.51. The van der Waals surface area contributed by atoms with Crippen LogP contribution in [0.25, 0.3) is 0 Å². The number of hydrogen-bond donors (Lipinski definition) is 2. The second-order valence-electron chi connectivity index (χ2n) is 3.88. The van der Waals surface area contributed by atoms with Gasteiger partial charge in [0.05, 0.1) is 0 Å². The van der Waals surface area contributed by atoms with Crippen molar-refractivity contribution in [3.05, 3.63) is 0 Å². The van der Waals surface area contributed by atoms with Crippen molar-refractivity contribution in [3.63, 3.8) is 0 Å². The van der Waals surface area contributed by atoms with Gasteiger partial charge in [-0.3, -0.25) is 4.79 Å². The summed E-state index contributed by atoms with van der Waals surface area (Å²) in [6, 6.07) is 0.0773. The number of carbonyl (C=O) groups is 2. The highest BCUT2D eigenvalue weighted by Crippen LogP contribution is 1.99. The van der Waals surface area contributed by atoms with Crippen LogP contribution in [0.5, 0.6) is 0 Å². The van der Waals surface area contributed by atoms with Crippen LogP contribution in [0.3, 0.4) is 0 Å². The van der Waals surface area contributed by atoms with E-state index in [4.69, 9.17) is 5.11 Å². The molecule has 2 amide bonds. The zero-order chi connectivity index (χ0) is 12.6. The molecule has 0 aliphatic carbocycles. The highest BCUT2D eigenvalue weighted by Gasteiger charge is 2.12. The maximum absolute atomic E-state index is 11.6.